The summed E-state index contributed by atoms with van der Waals surface area (Å²) in [6.45, 7) is 0. The highest BCUT2D eigenvalue weighted by molar-refractivity contribution is 6.42. The molecule has 2 amide bonds. The van der Waals surface area contributed by atoms with Gasteiger partial charge in [-0.1, -0.05) is 53.5 Å². The van der Waals surface area contributed by atoms with Crippen LogP contribution in [0.4, 0.5) is 10.5 Å². The standard InChI is InChI=1S/C14H11Cl2N3O/c15-11-7-6-10(8-12(11)16)18-14(20)19-13(17)9-4-2-1-3-5-9/h1-8H,(H3,17,18,19,20). The number of hydrogen-bond acceptors (Lipinski definition) is 1. The maximum absolute atomic E-state index is 11.7. The van der Waals surface area contributed by atoms with Crippen LogP contribution in [0, 0.1) is 0 Å². The topological polar surface area (TPSA) is 67.5 Å². The first-order valence-electron chi connectivity index (χ1n) is 5.72. The molecule has 2 aromatic rings. The highest BCUT2D eigenvalue weighted by Gasteiger charge is 2.05. The van der Waals surface area contributed by atoms with Gasteiger partial charge in [0, 0.05) is 11.3 Å². The van der Waals surface area contributed by atoms with Gasteiger partial charge in [-0.2, -0.15) is 4.99 Å². The van der Waals surface area contributed by atoms with Gasteiger partial charge < -0.3 is 11.1 Å². The van der Waals surface area contributed by atoms with Gasteiger partial charge in [-0.3, -0.25) is 0 Å². The van der Waals surface area contributed by atoms with Crippen LogP contribution in [-0.4, -0.2) is 11.9 Å². The number of hydrogen-bond donors (Lipinski definition) is 2. The molecule has 102 valence electrons. The Morgan fingerprint density at radius 2 is 1.75 bits per heavy atom. The third-order valence-corrected chi connectivity index (χ3v) is 3.20. The van der Waals surface area contributed by atoms with Crippen molar-refractivity contribution in [2.75, 3.05) is 5.32 Å². The highest BCUT2D eigenvalue weighted by Crippen LogP contribution is 2.25. The number of aliphatic imine (C=N–C) groups is 1. The molecule has 0 heterocycles. The molecular weight excluding hydrogens is 297 g/mol. The van der Waals surface area contributed by atoms with Crippen molar-refractivity contribution >= 4 is 40.8 Å². The van der Waals surface area contributed by atoms with E-state index >= 15 is 0 Å². The Morgan fingerprint density at radius 1 is 1.05 bits per heavy atom. The second kappa shape index (κ2) is 6.41. The Morgan fingerprint density at radius 3 is 2.40 bits per heavy atom. The van der Waals surface area contributed by atoms with Crippen molar-refractivity contribution in [2.24, 2.45) is 10.7 Å². The number of urea groups is 1. The number of halogens is 2. The number of nitrogens with one attached hydrogen (secondary N) is 1. The fourth-order valence-corrected chi connectivity index (χ4v) is 1.81. The van der Waals surface area contributed by atoms with Gasteiger partial charge in [0.2, 0.25) is 0 Å². The number of benzene rings is 2. The third-order valence-electron chi connectivity index (χ3n) is 2.46. The predicted octanol–water partition coefficient (Wildman–Crippen LogP) is 3.93. The first-order chi connectivity index (χ1) is 9.56. The zero-order chi connectivity index (χ0) is 14.5. The van der Waals surface area contributed by atoms with Gasteiger partial charge in [0.15, 0.2) is 0 Å². The number of carbonyl (C=O) groups excluding carboxylic acids is 1. The molecule has 0 aromatic heterocycles. The molecule has 0 bridgehead atoms. The molecule has 0 aliphatic carbocycles. The molecular formula is C14H11Cl2N3O. The minimum atomic E-state index is -0.579. The summed E-state index contributed by atoms with van der Waals surface area (Å²) in [5.74, 6) is 0.142. The van der Waals surface area contributed by atoms with E-state index < -0.39 is 6.03 Å². The highest BCUT2D eigenvalue weighted by atomic mass is 35.5. The maximum atomic E-state index is 11.7. The summed E-state index contributed by atoms with van der Waals surface area (Å²) in [7, 11) is 0. The largest absolute Gasteiger partial charge is 0.383 e. The van der Waals surface area contributed by atoms with Crippen molar-refractivity contribution in [2.45, 2.75) is 0 Å². The van der Waals surface area contributed by atoms with Crippen LogP contribution in [0.5, 0.6) is 0 Å². The van der Waals surface area contributed by atoms with Gasteiger partial charge in [-0.25, -0.2) is 4.79 Å². The second-order valence-electron chi connectivity index (χ2n) is 3.92. The van der Waals surface area contributed by atoms with E-state index in [2.05, 4.69) is 10.3 Å². The quantitative estimate of drug-likeness (QED) is 0.652. The fourth-order valence-electron chi connectivity index (χ4n) is 1.51. The molecule has 0 aliphatic rings. The maximum Gasteiger partial charge on any atom is 0.347 e. The number of carbonyl (C=O) groups is 1. The summed E-state index contributed by atoms with van der Waals surface area (Å²) in [4.78, 5) is 15.5. The van der Waals surface area contributed by atoms with Gasteiger partial charge in [-0.15, -0.1) is 0 Å². The summed E-state index contributed by atoms with van der Waals surface area (Å²) < 4.78 is 0. The smallest absolute Gasteiger partial charge is 0.347 e. The molecule has 2 rings (SSSR count). The Balaban J connectivity index is 2.10. The summed E-state index contributed by atoms with van der Waals surface area (Å²) in [6.07, 6.45) is 0. The predicted molar refractivity (Wildman–Crippen MR) is 82.6 cm³/mol. The Bertz CT molecular complexity index is 657. The lowest BCUT2D eigenvalue weighted by Crippen LogP contribution is -2.18. The number of rotatable bonds is 2. The number of nitrogens with zero attached hydrogens (tertiary/aromatic N) is 1. The van der Waals surface area contributed by atoms with Crippen LogP contribution in [0.1, 0.15) is 5.56 Å². The molecule has 0 saturated carbocycles. The van der Waals surface area contributed by atoms with Gasteiger partial charge in [-0.05, 0) is 18.2 Å². The van der Waals surface area contributed by atoms with E-state index in [1.165, 1.54) is 6.07 Å². The molecule has 0 unspecified atom stereocenters. The van der Waals surface area contributed by atoms with Crippen LogP contribution in [0.15, 0.2) is 53.5 Å². The Labute approximate surface area is 126 Å². The monoisotopic (exact) mass is 307 g/mol. The first kappa shape index (κ1) is 14.4. The Hall–Kier alpha value is -2.04. The van der Waals surface area contributed by atoms with Gasteiger partial charge in [0.1, 0.15) is 5.84 Å². The molecule has 0 saturated heterocycles. The van der Waals surface area contributed by atoms with Crippen molar-refractivity contribution in [3.05, 3.63) is 64.1 Å². The van der Waals surface area contributed by atoms with Gasteiger partial charge in [0.05, 0.1) is 10.0 Å². The zero-order valence-electron chi connectivity index (χ0n) is 10.3. The molecule has 20 heavy (non-hydrogen) atoms. The van der Waals surface area contributed by atoms with Crippen LogP contribution in [-0.2, 0) is 0 Å². The van der Waals surface area contributed by atoms with Crippen molar-refractivity contribution < 1.29 is 4.79 Å². The first-order valence-corrected chi connectivity index (χ1v) is 6.47. The molecule has 0 spiro atoms. The van der Waals surface area contributed by atoms with E-state index in [-0.39, 0.29) is 5.84 Å². The molecule has 0 fully saturated rings. The molecule has 0 atom stereocenters. The molecule has 0 aliphatic heterocycles. The SMILES string of the molecule is NC(=NC(=O)Nc1ccc(Cl)c(Cl)c1)c1ccccc1. The van der Waals surface area contributed by atoms with Gasteiger partial charge in [0.25, 0.3) is 0 Å². The summed E-state index contributed by atoms with van der Waals surface area (Å²) in [5, 5.41) is 3.33. The van der Waals surface area contributed by atoms with E-state index in [1.54, 1.807) is 24.3 Å². The van der Waals surface area contributed by atoms with Crippen molar-refractivity contribution in [1.82, 2.24) is 0 Å². The lowest BCUT2D eigenvalue weighted by molar-refractivity contribution is 0.259. The van der Waals surface area contributed by atoms with Crippen LogP contribution in [0.3, 0.4) is 0 Å². The van der Waals surface area contributed by atoms with Crippen molar-refractivity contribution in [1.29, 1.82) is 0 Å². The minimum Gasteiger partial charge on any atom is -0.383 e. The van der Waals surface area contributed by atoms with Crippen molar-refractivity contribution in [3.8, 4) is 0 Å². The Kier molecular flexibility index (Phi) is 4.61. The van der Waals surface area contributed by atoms with Crippen LogP contribution in [0.25, 0.3) is 0 Å². The molecule has 3 N–H and O–H groups in total. The molecule has 0 radical (unpaired) electrons. The summed E-state index contributed by atoms with van der Waals surface area (Å²) in [5.41, 5.74) is 6.92. The summed E-state index contributed by atoms with van der Waals surface area (Å²) >= 11 is 11.6. The van der Waals surface area contributed by atoms with Crippen LogP contribution in [0.2, 0.25) is 10.0 Å². The van der Waals surface area contributed by atoms with Crippen LogP contribution >= 0.6 is 23.2 Å². The number of amidine groups is 1. The van der Waals surface area contributed by atoms with E-state index in [0.29, 0.717) is 21.3 Å². The number of nitrogens with two attached hydrogens (primary N) is 1. The van der Waals surface area contributed by atoms with E-state index in [4.69, 9.17) is 28.9 Å². The van der Waals surface area contributed by atoms with E-state index in [1.807, 2.05) is 18.2 Å². The molecule has 4 nitrogen and oxygen atoms in total. The van der Waals surface area contributed by atoms with E-state index in [0.717, 1.165) is 0 Å². The summed E-state index contributed by atoms with van der Waals surface area (Å²) in [6, 6.07) is 13.2. The normalized spacial score (nSPS) is 11.2. The lowest BCUT2D eigenvalue weighted by atomic mass is 10.2. The average Bonchev–Trinajstić information content (AvgIpc) is 2.44. The second-order valence-corrected chi connectivity index (χ2v) is 4.74. The fraction of sp³-hybridized carbons (Fsp3) is 0. The average molecular weight is 308 g/mol. The third kappa shape index (κ3) is 3.73. The molecule has 2 aromatic carbocycles. The van der Waals surface area contributed by atoms with E-state index in [9.17, 15) is 4.79 Å². The van der Waals surface area contributed by atoms with Gasteiger partial charge >= 0.3 is 6.03 Å². The number of amides is 2. The number of anilines is 1. The zero-order valence-corrected chi connectivity index (χ0v) is 11.8. The van der Waals surface area contributed by atoms with Crippen LogP contribution < -0.4 is 11.1 Å². The van der Waals surface area contributed by atoms with Crippen molar-refractivity contribution in [3.63, 3.8) is 0 Å². The minimum absolute atomic E-state index is 0.142. The molecule has 6 heteroatoms. The lowest BCUT2D eigenvalue weighted by Gasteiger charge is -2.04.